The number of benzene rings is 1. The molecule has 21 heavy (non-hydrogen) atoms. The summed E-state index contributed by atoms with van der Waals surface area (Å²) in [6.07, 6.45) is 1.60. The van der Waals surface area contributed by atoms with Gasteiger partial charge in [0, 0.05) is 10.0 Å². The molecule has 0 bridgehead atoms. The van der Waals surface area contributed by atoms with E-state index in [1.807, 2.05) is 32.0 Å². The Bertz CT molecular complexity index is 613. The second-order valence-corrected chi connectivity index (χ2v) is 5.89. The molecule has 0 amide bonds. The Balaban J connectivity index is 2.44. The smallest absolute Gasteiger partial charge is 0.174 e. The monoisotopic (exact) mass is 417 g/mol. The average Bonchev–Trinajstić information content (AvgIpc) is 2.87. The van der Waals surface area contributed by atoms with E-state index in [4.69, 9.17) is 19.6 Å². The summed E-state index contributed by atoms with van der Waals surface area (Å²) in [4.78, 5) is 0. The van der Waals surface area contributed by atoms with Crippen LogP contribution < -0.4 is 15.2 Å². The highest BCUT2D eigenvalue weighted by Crippen LogP contribution is 2.39. The molecule has 2 aromatic rings. The van der Waals surface area contributed by atoms with Gasteiger partial charge in [-0.05, 0) is 53.5 Å². The fourth-order valence-corrected chi connectivity index (χ4v) is 3.08. The lowest BCUT2D eigenvalue weighted by Crippen LogP contribution is -2.13. The maximum absolute atomic E-state index is 6.34. The van der Waals surface area contributed by atoms with Crippen LogP contribution in [-0.4, -0.2) is 13.2 Å². The molecule has 0 saturated heterocycles. The Morgan fingerprint density at radius 2 is 1.71 bits per heavy atom. The van der Waals surface area contributed by atoms with Gasteiger partial charge in [-0.1, -0.05) is 15.9 Å². The first-order valence-corrected chi connectivity index (χ1v) is 8.24. The Morgan fingerprint density at radius 1 is 1.10 bits per heavy atom. The molecule has 0 aliphatic carbocycles. The second kappa shape index (κ2) is 7.33. The zero-order valence-electron chi connectivity index (χ0n) is 11.9. The molecule has 0 aliphatic rings. The summed E-state index contributed by atoms with van der Waals surface area (Å²) in [5.41, 5.74) is 8.12. The Hall–Kier alpha value is -0.980. The molecule has 4 nitrogen and oxygen atoms in total. The minimum atomic E-state index is -0.331. The normalized spacial score (nSPS) is 12.2. The topological polar surface area (TPSA) is 57.6 Å². The van der Waals surface area contributed by atoms with E-state index in [2.05, 4.69) is 31.9 Å². The van der Waals surface area contributed by atoms with Crippen molar-refractivity contribution in [2.45, 2.75) is 19.9 Å². The number of ether oxygens (including phenoxy) is 2. The first kappa shape index (κ1) is 16.4. The van der Waals surface area contributed by atoms with Gasteiger partial charge in [-0.25, -0.2) is 0 Å². The van der Waals surface area contributed by atoms with Crippen molar-refractivity contribution in [3.05, 3.63) is 44.7 Å². The van der Waals surface area contributed by atoms with Gasteiger partial charge in [0.25, 0.3) is 0 Å². The van der Waals surface area contributed by atoms with Crippen molar-refractivity contribution in [2.75, 3.05) is 13.2 Å². The number of hydrogen-bond donors (Lipinski definition) is 1. The molecular formula is C15H17Br2NO3. The van der Waals surface area contributed by atoms with Crippen molar-refractivity contribution >= 4 is 31.9 Å². The molecule has 0 aliphatic heterocycles. The van der Waals surface area contributed by atoms with Gasteiger partial charge in [-0.2, -0.15) is 0 Å². The number of furan rings is 1. The minimum absolute atomic E-state index is 0.331. The molecule has 1 aromatic heterocycles. The van der Waals surface area contributed by atoms with E-state index < -0.39 is 0 Å². The van der Waals surface area contributed by atoms with Crippen LogP contribution in [0.3, 0.4) is 0 Å². The summed E-state index contributed by atoms with van der Waals surface area (Å²) >= 11 is 6.91. The zero-order valence-corrected chi connectivity index (χ0v) is 15.0. The lowest BCUT2D eigenvalue weighted by atomic mass is 10.0. The third-order valence-corrected chi connectivity index (χ3v) is 4.31. The maximum atomic E-state index is 6.34. The third kappa shape index (κ3) is 3.62. The molecule has 6 heteroatoms. The van der Waals surface area contributed by atoms with E-state index in [0.717, 1.165) is 15.6 Å². The van der Waals surface area contributed by atoms with Gasteiger partial charge in [-0.3, -0.25) is 0 Å². The van der Waals surface area contributed by atoms with E-state index in [0.29, 0.717) is 29.4 Å². The van der Waals surface area contributed by atoms with Crippen molar-refractivity contribution in [3.63, 3.8) is 0 Å². The van der Waals surface area contributed by atoms with E-state index in [1.54, 1.807) is 6.26 Å². The molecule has 0 saturated carbocycles. The SMILES string of the molecule is CCOc1cc(Br)c(C(N)c2ccoc2Br)cc1OCC. The summed E-state index contributed by atoms with van der Waals surface area (Å²) in [6, 6.07) is 5.31. The van der Waals surface area contributed by atoms with Crippen LogP contribution in [0.4, 0.5) is 0 Å². The number of nitrogens with two attached hydrogens (primary N) is 1. The van der Waals surface area contributed by atoms with Crippen LogP contribution >= 0.6 is 31.9 Å². The third-order valence-electron chi connectivity index (χ3n) is 2.98. The molecule has 0 radical (unpaired) electrons. The Labute approximate surface area is 140 Å². The van der Waals surface area contributed by atoms with Gasteiger partial charge >= 0.3 is 0 Å². The van der Waals surface area contributed by atoms with Crippen LogP contribution in [0.1, 0.15) is 31.0 Å². The van der Waals surface area contributed by atoms with E-state index in [1.165, 1.54) is 0 Å². The summed E-state index contributed by atoms with van der Waals surface area (Å²) in [7, 11) is 0. The molecule has 114 valence electrons. The summed E-state index contributed by atoms with van der Waals surface area (Å²) in [6.45, 7) is 5.01. The highest BCUT2D eigenvalue weighted by molar-refractivity contribution is 9.10. The number of rotatable bonds is 6. The Kier molecular flexibility index (Phi) is 5.72. The zero-order chi connectivity index (χ0) is 15.4. The standard InChI is InChI=1S/C15H17Br2NO3/c1-3-19-12-7-10(11(16)8-13(12)20-4-2)14(18)9-5-6-21-15(9)17/h5-8,14H,3-4,18H2,1-2H3. The van der Waals surface area contributed by atoms with Crippen molar-refractivity contribution < 1.29 is 13.9 Å². The average molecular weight is 419 g/mol. The van der Waals surface area contributed by atoms with Gasteiger partial charge in [0.05, 0.1) is 25.5 Å². The lowest BCUT2D eigenvalue weighted by molar-refractivity contribution is 0.287. The van der Waals surface area contributed by atoms with Gasteiger partial charge in [0.1, 0.15) is 0 Å². The van der Waals surface area contributed by atoms with Crippen molar-refractivity contribution in [1.82, 2.24) is 0 Å². The summed E-state index contributed by atoms with van der Waals surface area (Å²) in [5, 5.41) is 0. The van der Waals surface area contributed by atoms with E-state index >= 15 is 0 Å². The van der Waals surface area contributed by atoms with Crippen LogP contribution in [0, 0.1) is 0 Å². The fourth-order valence-electron chi connectivity index (χ4n) is 2.02. The number of halogens is 2. The quantitative estimate of drug-likeness (QED) is 0.741. The molecule has 0 spiro atoms. The second-order valence-electron chi connectivity index (χ2n) is 4.31. The van der Waals surface area contributed by atoms with E-state index in [9.17, 15) is 0 Å². The molecule has 0 fully saturated rings. The predicted molar refractivity (Wildman–Crippen MR) is 88.9 cm³/mol. The van der Waals surface area contributed by atoms with Crippen LogP contribution in [0.25, 0.3) is 0 Å². The molecule has 2 rings (SSSR count). The predicted octanol–water partition coefficient (Wildman–Crippen LogP) is 4.65. The van der Waals surface area contributed by atoms with E-state index in [-0.39, 0.29) is 6.04 Å². The van der Waals surface area contributed by atoms with Gasteiger partial charge in [0.15, 0.2) is 16.2 Å². The lowest BCUT2D eigenvalue weighted by Gasteiger charge is -2.17. The van der Waals surface area contributed by atoms with Crippen LogP contribution in [0.15, 0.2) is 38.0 Å². The number of hydrogen-bond acceptors (Lipinski definition) is 4. The fraction of sp³-hybridized carbons (Fsp3) is 0.333. The molecule has 1 aromatic carbocycles. The largest absolute Gasteiger partial charge is 0.490 e. The first-order chi connectivity index (χ1) is 10.1. The van der Waals surface area contributed by atoms with Crippen molar-refractivity contribution in [1.29, 1.82) is 0 Å². The molecule has 1 atom stereocenters. The first-order valence-electron chi connectivity index (χ1n) is 6.65. The van der Waals surface area contributed by atoms with Gasteiger partial charge < -0.3 is 19.6 Å². The molecular weight excluding hydrogens is 402 g/mol. The van der Waals surface area contributed by atoms with Crippen LogP contribution in [0.2, 0.25) is 0 Å². The van der Waals surface area contributed by atoms with Crippen LogP contribution in [-0.2, 0) is 0 Å². The Morgan fingerprint density at radius 3 is 2.24 bits per heavy atom. The van der Waals surface area contributed by atoms with Gasteiger partial charge in [0.2, 0.25) is 0 Å². The molecule has 1 unspecified atom stereocenters. The van der Waals surface area contributed by atoms with Gasteiger partial charge in [-0.15, -0.1) is 0 Å². The molecule has 1 heterocycles. The highest BCUT2D eigenvalue weighted by atomic mass is 79.9. The summed E-state index contributed by atoms with van der Waals surface area (Å²) in [5.74, 6) is 1.39. The van der Waals surface area contributed by atoms with Crippen molar-refractivity contribution in [3.8, 4) is 11.5 Å². The van der Waals surface area contributed by atoms with Crippen LogP contribution in [0.5, 0.6) is 11.5 Å². The minimum Gasteiger partial charge on any atom is -0.490 e. The maximum Gasteiger partial charge on any atom is 0.174 e. The van der Waals surface area contributed by atoms with Crippen molar-refractivity contribution in [2.24, 2.45) is 5.73 Å². The highest BCUT2D eigenvalue weighted by Gasteiger charge is 2.20. The molecule has 2 N–H and O–H groups in total. The summed E-state index contributed by atoms with van der Waals surface area (Å²) < 4.78 is 18.0.